The predicted molar refractivity (Wildman–Crippen MR) is 78.5 cm³/mol. The molecule has 1 N–H and O–H groups in total. The molecule has 0 amide bonds. The molecule has 0 saturated carbocycles. The molecule has 0 atom stereocenters. The van der Waals surface area contributed by atoms with E-state index in [0.717, 1.165) is 18.0 Å². The number of rotatable bonds is 5. The van der Waals surface area contributed by atoms with Gasteiger partial charge in [-0.15, -0.1) is 11.8 Å². The van der Waals surface area contributed by atoms with Gasteiger partial charge in [-0.1, -0.05) is 18.2 Å². The molecule has 0 aromatic heterocycles. The second kappa shape index (κ2) is 6.36. The summed E-state index contributed by atoms with van der Waals surface area (Å²) in [5.41, 5.74) is 2.29. The summed E-state index contributed by atoms with van der Waals surface area (Å²) in [4.78, 5) is 1.25. The normalized spacial score (nSPS) is 10.1. The van der Waals surface area contributed by atoms with E-state index < -0.39 is 0 Å². The third-order valence-corrected chi connectivity index (χ3v) is 3.47. The Morgan fingerprint density at radius 3 is 2.56 bits per heavy atom. The molecule has 94 valence electrons. The van der Waals surface area contributed by atoms with Gasteiger partial charge >= 0.3 is 0 Å². The highest BCUT2D eigenvalue weighted by molar-refractivity contribution is 7.98. The van der Waals surface area contributed by atoms with Gasteiger partial charge in [0.2, 0.25) is 0 Å². The van der Waals surface area contributed by atoms with E-state index in [4.69, 9.17) is 4.74 Å². The number of nitrogens with one attached hydrogen (secondary N) is 1. The largest absolute Gasteiger partial charge is 0.496 e. The SMILES string of the molecule is COc1ccc(SC)cc1CNc1ccccc1. The molecule has 0 radical (unpaired) electrons. The molecule has 0 fully saturated rings. The lowest BCUT2D eigenvalue weighted by molar-refractivity contribution is 0.410. The number of para-hydroxylation sites is 1. The van der Waals surface area contributed by atoms with Crippen molar-refractivity contribution in [1.29, 1.82) is 0 Å². The molecular weight excluding hydrogens is 242 g/mol. The zero-order valence-electron chi connectivity index (χ0n) is 10.6. The van der Waals surface area contributed by atoms with E-state index in [1.54, 1.807) is 18.9 Å². The van der Waals surface area contributed by atoms with Gasteiger partial charge < -0.3 is 10.1 Å². The van der Waals surface area contributed by atoms with E-state index in [1.165, 1.54) is 10.5 Å². The van der Waals surface area contributed by atoms with E-state index >= 15 is 0 Å². The minimum Gasteiger partial charge on any atom is -0.496 e. The van der Waals surface area contributed by atoms with E-state index in [9.17, 15) is 0 Å². The van der Waals surface area contributed by atoms with Crippen LogP contribution < -0.4 is 10.1 Å². The third-order valence-electron chi connectivity index (χ3n) is 2.74. The Morgan fingerprint density at radius 1 is 1.11 bits per heavy atom. The predicted octanol–water partition coefficient (Wildman–Crippen LogP) is 4.03. The summed E-state index contributed by atoms with van der Waals surface area (Å²) in [6, 6.07) is 16.5. The highest BCUT2D eigenvalue weighted by Gasteiger charge is 2.04. The van der Waals surface area contributed by atoms with Crippen LogP contribution in [0.25, 0.3) is 0 Å². The molecule has 0 aliphatic rings. The molecule has 0 aliphatic carbocycles. The number of thioether (sulfide) groups is 1. The van der Waals surface area contributed by atoms with Crippen molar-refractivity contribution in [3.8, 4) is 5.75 Å². The molecule has 0 spiro atoms. The molecule has 2 aromatic carbocycles. The van der Waals surface area contributed by atoms with Crippen molar-refractivity contribution in [2.45, 2.75) is 11.4 Å². The quantitative estimate of drug-likeness (QED) is 0.819. The molecule has 0 heterocycles. The number of methoxy groups -OCH3 is 1. The Morgan fingerprint density at radius 2 is 1.89 bits per heavy atom. The van der Waals surface area contributed by atoms with Crippen molar-refractivity contribution in [2.24, 2.45) is 0 Å². The fourth-order valence-corrected chi connectivity index (χ4v) is 2.24. The molecule has 2 nitrogen and oxygen atoms in total. The van der Waals surface area contributed by atoms with E-state index in [0.29, 0.717) is 0 Å². The minimum absolute atomic E-state index is 0.765. The van der Waals surface area contributed by atoms with Crippen LogP contribution in [0.4, 0.5) is 5.69 Å². The summed E-state index contributed by atoms with van der Waals surface area (Å²) in [6.07, 6.45) is 2.08. The summed E-state index contributed by atoms with van der Waals surface area (Å²) in [7, 11) is 1.71. The molecule has 0 aliphatic heterocycles. The van der Waals surface area contributed by atoms with Gasteiger partial charge in [-0.05, 0) is 36.6 Å². The van der Waals surface area contributed by atoms with Crippen LogP contribution in [-0.4, -0.2) is 13.4 Å². The van der Waals surface area contributed by atoms with Gasteiger partial charge in [0.05, 0.1) is 7.11 Å². The zero-order chi connectivity index (χ0) is 12.8. The van der Waals surface area contributed by atoms with Crippen LogP contribution in [0.3, 0.4) is 0 Å². The first-order chi connectivity index (χ1) is 8.83. The second-order valence-corrected chi connectivity index (χ2v) is 4.78. The monoisotopic (exact) mass is 259 g/mol. The van der Waals surface area contributed by atoms with Crippen LogP contribution >= 0.6 is 11.8 Å². The van der Waals surface area contributed by atoms with Crippen molar-refractivity contribution < 1.29 is 4.74 Å². The summed E-state index contributed by atoms with van der Waals surface area (Å²) in [5, 5.41) is 3.40. The van der Waals surface area contributed by atoms with Crippen molar-refractivity contribution >= 4 is 17.4 Å². The van der Waals surface area contributed by atoms with E-state index in [2.05, 4.69) is 35.8 Å². The van der Waals surface area contributed by atoms with Crippen LogP contribution in [0.1, 0.15) is 5.56 Å². The van der Waals surface area contributed by atoms with Gasteiger partial charge in [-0.2, -0.15) is 0 Å². The molecule has 2 rings (SSSR count). The molecule has 0 bridgehead atoms. The maximum Gasteiger partial charge on any atom is 0.123 e. The third kappa shape index (κ3) is 3.20. The van der Waals surface area contributed by atoms with Crippen molar-refractivity contribution in [3.63, 3.8) is 0 Å². The van der Waals surface area contributed by atoms with Gasteiger partial charge in [0.25, 0.3) is 0 Å². The van der Waals surface area contributed by atoms with Crippen LogP contribution in [-0.2, 0) is 6.54 Å². The maximum absolute atomic E-state index is 5.38. The fourth-order valence-electron chi connectivity index (χ4n) is 1.77. The Bertz CT molecular complexity index is 499. The average molecular weight is 259 g/mol. The first-order valence-electron chi connectivity index (χ1n) is 5.83. The van der Waals surface area contributed by atoms with Gasteiger partial charge in [0, 0.05) is 22.7 Å². The first kappa shape index (κ1) is 12.8. The Hall–Kier alpha value is -1.61. The fraction of sp³-hybridized carbons (Fsp3) is 0.200. The van der Waals surface area contributed by atoms with Crippen LogP contribution in [0.2, 0.25) is 0 Å². The van der Waals surface area contributed by atoms with Crippen molar-refractivity contribution in [1.82, 2.24) is 0 Å². The standard InChI is InChI=1S/C15H17NOS/c1-17-15-9-8-14(18-2)10-12(15)11-16-13-6-4-3-5-7-13/h3-10,16H,11H2,1-2H3. The molecule has 2 aromatic rings. The lowest BCUT2D eigenvalue weighted by Gasteiger charge is -2.11. The Balaban J connectivity index is 2.12. The van der Waals surface area contributed by atoms with Crippen molar-refractivity contribution in [3.05, 3.63) is 54.1 Å². The maximum atomic E-state index is 5.38. The number of benzene rings is 2. The number of hydrogen-bond acceptors (Lipinski definition) is 3. The molecule has 3 heteroatoms. The van der Waals surface area contributed by atoms with Gasteiger partial charge in [-0.25, -0.2) is 0 Å². The highest BCUT2D eigenvalue weighted by Crippen LogP contribution is 2.25. The number of hydrogen-bond donors (Lipinski definition) is 1. The second-order valence-electron chi connectivity index (χ2n) is 3.90. The average Bonchev–Trinajstić information content (AvgIpc) is 2.45. The minimum atomic E-state index is 0.765. The molecule has 0 saturated heterocycles. The number of ether oxygens (including phenoxy) is 1. The van der Waals surface area contributed by atoms with Crippen LogP contribution in [0, 0.1) is 0 Å². The Labute approximate surface area is 112 Å². The topological polar surface area (TPSA) is 21.3 Å². The Kier molecular flexibility index (Phi) is 4.53. The van der Waals surface area contributed by atoms with Gasteiger partial charge in [0.15, 0.2) is 0 Å². The smallest absolute Gasteiger partial charge is 0.123 e. The van der Waals surface area contributed by atoms with Gasteiger partial charge in [0.1, 0.15) is 5.75 Å². The molecule has 0 unspecified atom stereocenters. The van der Waals surface area contributed by atoms with E-state index in [-0.39, 0.29) is 0 Å². The summed E-state index contributed by atoms with van der Waals surface area (Å²) < 4.78 is 5.38. The van der Waals surface area contributed by atoms with Crippen molar-refractivity contribution in [2.75, 3.05) is 18.7 Å². The van der Waals surface area contributed by atoms with Gasteiger partial charge in [-0.3, -0.25) is 0 Å². The van der Waals surface area contributed by atoms with Crippen LogP contribution in [0.15, 0.2) is 53.4 Å². The molecule has 18 heavy (non-hydrogen) atoms. The first-order valence-corrected chi connectivity index (χ1v) is 7.06. The van der Waals surface area contributed by atoms with Crippen LogP contribution in [0.5, 0.6) is 5.75 Å². The molecular formula is C15H17NOS. The number of anilines is 1. The zero-order valence-corrected chi connectivity index (χ0v) is 11.5. The summed E-state index contributed by atoms with van der Waals surface area (Å²) in [6.45, 7) is 0.765. The summed E-state index contributed by atoms with van der Waals surface area (Å²) >= 11 is 1.74. The lowest BCUT2D eigenvalue weighted by atomic mass is 10.2. The summed E-state index contributed by atoms with van der Waals surface area (Å²) in [5.74, 6) is 0.927. The highest BCUT2D eigenvalue weighted by atomic mass is 32.2. The van der Waals surface area contributed by atoms with E-state index in [1.807, 2.05) is 24.3 Å². The lowest BCUT2D eigenvalue weighted by Crippen LogP contribution is -2.01.